The second-order valence-corrected chi connectivity index (χ2v) is 4.76. The predicted octanol–water partition coefficient (Wildman–Crippen LogP) is 3.61. The largest absolute Gasteiger partial charge is 0.506 e. The molecule has 2 aromatic carbocycles. The number of amides is 1. The lowest BCUT2D eigenvalue weighted by molar-refractivity contribution is 0.102. The molecule has 0 fully saturated rings. The van der Waals surface area contributed by atoms with Crippen LogP contribution in [-0.2, 0) is 0 Å². The van der Waals surface area contributed by atoms with Crippen LogP contribution in [0.3, 0.4) is 0 Å². The van der Waals surface area contributed by atoms with Gasteiger partial charge in [-0.25, -0.2) is 0 Å². The number of hydrogen-bond acceptors (Lipinski definition) is 3. The van der Waals surface area contributed by atoms with E-state index in [0.717, 1.165) is 5.56 Å². The minimum atomic E-state index is -0.376. The van der Waals surface area contributed by atoms with Crippen molar-refractivity contribution in [1.82, 2.24) is 0 Å². The first-order valence-electron chi connectivity index (χ1n) is 5.96. The molecule has 0 aromatic heterocycles. The highest BCUT2D eigenvalue weighted by Crippen LogP contribution is 2.27. The Bertz CT molecular complexity index is 656. The summed E-state index contributed by atoms with van der Waals surface area (Å²) in [5.74, 6) is 0.0124. The van der Waals surface area contributed by atoms with Gasteiger partial charge >= 0.3 is 0 Å². The molecule has 104 valence electrons. The van der Waals surface area contributed by atoms with Crippen molar-refractivity contribution in [3.8, 4) is 11.5 Å². The van der Waals surface area contributed by atoms with Crippen molar-refractivity contribution < 1.29 is 14.6 Å². The first kappa shape index (κ1) is 14.2. The van der Waals surface area contributed by atoms with E-state index in [1.54, 1.807) is 30.3 Å². The van der Waals surface area contributed by atoms with Crippen LogP contribution in [0.1, 0.15) is 15.9 Å². The molecule has 2 rings (SSSR count). The Hall–Kier alpha value is -2.20. The molecule has 0 bridgehead atoms. The van der Waals surface area contributed by atoms with Gasteiger partial charge in [-0.1, -0.05) is 17.7 Å². The Morgan fingerprint density at radius 3 is 2.70 bits per heavy atom. The standard InChI is InChI=1S/C15H14ClNO3/c1-9-3-6-13(18)12(7-9)17-15(19)11-5-4-10(16)8-14(11)20-2/h3-8,18H,1-2H3,(H,17,19). The Morgan fingerprint density at radius 1 is 1.25 bits per heavy atom. The maximum Gasteiger partial charge on any atom is 0.259 e. The zero-order valence-corrected chi connectivity index (χ0v) is 11.9. The number of halogens is 1. The number of ether oxygens (including phenoxy) is 1. The summed E-state index contributed by atoms with van der Waals surface area (Å²) in [7, 11) is 1.46. The molecule has 0 aliphatic carbocycles. The van der Waals surface area contributed by atoms with Gasteiger partial charge in [0.25, 0.3) is 5.91 Å². The molecule has 5 heteroatoms. The molecule has 0 atom stereocenters. The third-order valence-corrected chi connectivity index (χ3v) is 3.04. The van der Waals surface area contributed by atoms with Gasteiger partial charge in [-0.05, 0) is 42.8 Å². The van der Waals surface area contributed by atoms with Crippen molar-refractivity contribution in [3.63, 3.8) is 0 Å². The van der Waals surface area contributed by atoms with Crippen molar-refractivity contribution in [2.75, 3.05) is 12.4 Å². The molecular formula is C15H14ClNO3. The summed E-state index contributed by atoms with van der Waals surface area (Å²) in [4.78, 5) is 12.2. The average molecular weight is 292 g/mol. The van der Waals surface area contributed by atoms with Gasteiger partial charge in [-0.2, -0.15) is 0 Å². The van der Waals surface area contributed by atoms with E-state index in [1.807, 2.05) is 6.92 Å². The molecule has 0 aliphatic rings. The van der Waals surface area contributed by atoms with E-state index in [9.17, 15) is 9.90 Å². The van der Waals surface area contributed by atoms with Gasteiger partial charge in [0.2, 0.25) is 0 Å². The first-order chi connectivity index (χ1) is 9.51. The highest BCUT2D eigenvalue weighted by molar-refractivity contribution is 6.31. The van der Waals surface area contributed by atoms with Crippen molar-refractivity contribution in [3.05, 3.63) is 52.5 Å². The number of carbonyl (C=O) groups is 1. The summed E-state index contributed by atoms with van der Waals surface area (Å²) in [5.41, 5.74) is 1.63. The first-order valence-corrected chi connectivity index (χ1v) is 6.33. The number of nitrogens with one attached hydrogen (secondary N) is 1. The molecule has 0 saturated carbocycles. The van der Waals surface area contributed by atoms with Crippen molar-refractivity contribution in [2.24, 2.45) is 0 Å². The Kier molecular flexibility index (Phi) is 4.15. The van der Waals surface area contributed by atoms with E-state index < -0.39 is 0 Å². The van der Waals surface area contributed by atoms with Gasteiger partial charge in [-0.15, -0.1) is 0 Å². The van der Waals surface area contributed by atoms with Gasteiger partial charge in [-0.3, -0.25) is 4.79 Å². The van der Waals surface area contributed by atoms with Gasteiger partial charge < -0.3 is 15.2 Å². The number of phenols is 1. The molecule has 2 N–H and O–H groups in total. The Balaban J connectivity index is 2.30. The summed E-state index contributed by atoms with van der Waals surface area (Å²) in [6.07, 6.45) is 0. The summed E-state index contributed by atoms with van der Waals surface area (Å²) in [6.45, 7) is 1.87. The monoisotopic (exact) mass is 291 g/mol. The maximum absolute atomic E-state index is 12.2. The molecule has 2 aromatic rings. The van der Waals surface area contributed by atoms with E-state index in [4.69, 9.17) is 16.3 Å². The quantitative estimate of drug-likeness (QED) is 0.849. The smallest absolute Gasteiger partial charge is 0.259 e. The van der Waals surface area contributed by atoms with Crippen LogP contribution in [0.25, 0.3) is 0 Å². The molecule has 0 spiro atoms. The third kappa shape index (κ3) is 3.03. The fourth-order valence-electron chi connectivity index (χ4n) is 1.79. The topological polar surface area (TPSA) is 58.6 Å². The van der Waals surface area contributed by atoms with Crippen LogP contribution in [0.5, 0.6) is 11.5 Å². The fraction of sp³-hybridized carbons (Fsp3) is 0.133. The second-order valence-electron chi connectivity index (χ2n) is 4.32. The van der Waals surface area contributed by atoms with Crippen LogP contribution < -0.4 is 10.1 Å². The number of benzene rings is 2. The van der Waals surface area contributed by atoms with E-state index in [0.29, 0.717) is 22.0 Å². The fourth-order valence-corrected chi connectivity index (χ4v) is 1.95. The van der Waals surface area contributed by atoms with E-state index in [2.05, 4.69) is 5.32 Å². The van der Waals surface area contributed by atoms with Crippen molar-refractivity contribution >= 4 is 23.2 Å². The Morgan fingerprint density at radius 2 is 2.00 bits per heavy atom. The minimum Gasteiger partial charge on any atom is -0.506 e. The molecule has 20 heavy (non-hydrogen) atoms. The highest BCUT2D eigenvalue weighted by atomic mass is 35.5. The molecule has 0 unspecified atom stereocenters. The minimum absolute atomic E-state index is 0.0110. The van der Waals surface area contributed by atoms with Crippen LogP contribution >= 0.6 is 11.6 Å². The van der Waals surface area contributed by atoms with E-state index in [-0.39, 0.29) is 11.7 Å². The SMILES string of the molecule is COc1cc(Cl)ccc1C(=O)Nc1cc(C)ccc1O. The lowest BCUT2D eigenvalue weighted by Crippen LogP contribution is -2.13. The lowest BCUT2D eigenvalue weighted by Gasteiger charge is -2.11. The number of aryl methyl sites for hydroxylation is 1. The van der Waals surface area contributed by atoms with Crippen LogP contribution in [0.2, 0.25) is 5.02 Å². The summed E-state index contributed by atoms with van der Waals surface area (Å²) in [5, 5.41) is 12.9. The predicted molar refractivity (Wildman–Crippen MR) is 78.8 cm³/mol. The third-order valence-electron chi connectivity index (χ3n) is 2.81. The molecule has 4 nitrogen and oxygen atoms in total. The van der Waals surface area contributed by atoms with Crippen LogP contribution in [-0.4, -0.2) is 18.1 Å². The van der Waals surface area contributed by atoms with Crippen LogP contribution in [0.4, 0.5) is 5.69 Å². The number of anilines is 1. The summed E-state index contributed by atoms with van der Waals surface area (Å²) < 4.78 is 5.13. The lowest BCUT2D eigenvalue weighted by atomic mass is 10.1. The Labute approximate surface area is 122 Å². The molecular weight excluding hydrogens is 278 g/mol. The van der Waals surface area contributed by atoms with E-state index >= 15 is 0 Å². The van der Waals surface area contributed by atoms with Crippen molar-refractivity contribution in [1.29, 1.82) is 0 Å². The van der Waals surface area contributed by atoms with Crippen LogP contribution in [0, 0.1) is 6.92 Å². The zero-order valence-electron chi connectivity index (χ0n) is 11.1. The van der Waals surface area contributed by atoms with E-state index in [1.165, 1.54) is 13.2 Å². The summed E-state index contributed by atoms with van der Waals surface area (Å²) >= 11 is 5.85. The number of carbonyl (C=O) groups excluding carboxylic acids is 1. The van der Waals surface area contributed by atoms with Gasteiger partial charge in [0.1, 0.15) is 11.5 Å². The number of hydrogen-bond donors (Lipinski definition) is 2. The average Bonchev–Trinajstić information content (AvgIpc) is 2.42. The maximum atomic E-state index is 12.2. The summed E-state index contributed by atoms with van der Waals surface area (Å²) in [6, 6.07) is 9.72. The van der Waals surface area contributed by atoms with Crippen molar-refractivity contribution in [2.45, 2.75) is 6.92 Å². The number of rotatable bonds is 3. The highest BCUT2D eigenvalue weighted by Gasteiger charge is 2.14. The zero-order chi connectivity index (χ0) is 14.7. The van der Waals surface area contributed by atoms with Gasteiger partial charge in [0, 0.05) is 5.02 Å². The van der Waals surface area contributed by atoms with Gasteiger partial charge in [0.15, 0.2) is 0 Å². The number of phenolic OH excluding ortho intramolecular Hbond substituents is 1. The molecule has 0 aliphatic heterocycles. The van der Waals surface area contributed by atoms with Gasteiger partial charge in [0.05, 0.1) is 18.4 Å². The molecule has 0 heterocycles. The molecule has 0 saturated heterocycles. The van der Waals surface area contributed by atoms with Crippen LogP contribution in [0.15, 0.2) is 36.4 Å². The number of methoxy groups -OCH3 is 1. The normalized spacial score (nSPS) is 10.2. The molecule has 1 amide bonds. The second kappa shape index (κ2) is 5.84. The molecule has 0 radical (unpaired) electrons. The number of aromatic hydroxyl groups is 1.